The van der Waals surface area contributed by atoms with Crippen molar-refractivity contribution in [2.75, 3.05) is 19.7 Å². The van der Waals surface area contributed by atoms with E-state index >= 15 is 0 Å². The van der Waals surface area contributed by atoms with Crippen LogP contribution in [0, 0.1) is 0 Å². The molecule has 1 amide bonds. The lowest BCUT2D eigenvalue weighted by molar-refractivity contribution is -0.121. The molecule has 0 radical (unpaired) electrons. The molecule has 1 saturated heterocycles. The number of ether oxygens (including phenoxy) is 1. The highest BCUT2D eigenvalue weighted by atomic mass is 32.2. The van der Waals surface area contributed by atoms with Crippen molar-refractivity contribution in [3.63, 3.8) is 0 Å². The fraction of sp³-hybridized carbons (Fsp3) is 0.263. The Kier molecular flexibility index (Phi) is 5.20. The maximum absolute atomic E-state index is 12.6. The van der Waals surface area contributed by atoms with Gasteiger partial charge in [-0.15, -0.1) is 13.2 Å². The maximum Gasteiger partial charge on any atom is 0.267 e. The highest BCUT2D eigenvalue weighted by Gasteiger charge is 2.32. The summed E-state index contributed by atoms with van der Waals surface area (Å²) >= 11 is 1.40. The van der Waals surface area contributed by atoms with Crippen LogP contribution in [0.1, 0.15) is 17.5 Å². The predicted octanol–water partition coefficient (Wildman–Crippen LogP) is 3.66. The molecule has 0 atom stereocenters. The van der Waals surface area contributed by atoms with Crippen molar-refractivity contribution in [2.24, 2.45) is 4.99 Å². The maximum atomic E-state index is 12.6. The molecule has 0 N–H and O–H groups in total. The molecule has 124 valence electrons. The zero-order valence-electron chi connectivity index (χ0n) is 13.5. The first-order valence-electron chi connectivity index (χ1n) is 7.96. The van der Waals surface area contributed by atoms with Crippen molar-refractivity contribution in [3.05, 3.63) is 59.5 Å². The van der Waals surface area contributed by atoms with Crippen LogP contribution in [0.15, 0.2) is 53.4 Å². The number of amides is 1. The van der Waals surface area contributed by atoms with Crippen LogP contribution >= 0.6 is 11.8 Å². The molecule has 0 unspecified atom stereocenters. The van der Waals surface area contributed by atoms with E-state index in [0.717, 1.165) is 30.8 Å². The molecule has 0 bridgehead atoms. The minimum atomic E-state index is -0.0308. The minimum Gasteiger partial charge on any atom is -0.493 e. The van der Waals surface area contributed by atoms with Crippen LogP contribution in [-0.4, -0.2) is 35.7 Å². The number of hydrogen-bond acceptors (Lipinski definition) is 4. The highest BCUT2D eigenvalue weighted by molar-refractivity contribution is 8.18. The number of carbonyl (C=O) groups excluding carboxylic acids is 1. The van der Waals surface area contributed by atoms with E-state index in [-0.39, 0.29) is 5.91 Å². The van der Waals surface area contributed by atoms with Crippen molar-refractivity contribution in [3.8, 4) is 5.75 Å². The molecule has 0 saturated carbocycles. The van der Waals surface area contributed by atoms with Gasteiger partial charge in [0.2, 0.25) is 0 Å². The third kappa shape index (κ3) is 3.46. The van der Waals surface area contributed by atoms with E-state index in [1.165, 1.54) is 17.3 Å². The summed E-state index contributed by atoms with van der Waals surface area (Å²) in [7, 11) is 0. The molecular weight excluding hydrogens is 320 g/mol. The SMILES string of the molecule is C=CC/N=C1\S/C(=C\c2ccc3c(c2)CCCO3)C(=O)N1CC=C. The summed E-state index contributed by atoms with van der Waals surface area (Å²) in [6.45, 7) is 9.12. The third-order valence-corrected chi connectivity index (χ3v) is 4.83. The number of amidine groups is 1. The second-order valence-corrected chi connectivity index (χ2v) is 6.56. The van der Waals surface area contributed by atoms with Crippen molar-refractivity contribution in [2.45, 2.75) is 12.8 Å². The Morgan fingerprint density at radius 1 is 1.33 bits per heavy atom. The number of nitrogens with zero attached hydrogens (tertiary/aromatic N) is 2. The lowest BCUT2D eigenvalue weighted by atomic mass is 10.0. The number of thioether (sulfide) groups is 1. The first-order chi connectivity index (χ1) is 11.7. The van der Waals surface area contributed by atoms with E-state index in [4.69, 9.17) is 4.74 Å². The zero-order valence-corrected chi connectivity index (χ0v) is 14.3. The van der Waals surface area contributed by atoms with Crippen LogP contribution < -0.4 is 4.74 Å². The average molecular weight is 340 g/mol. The van der Waals surface area contributed by atoms with Crippen molar-refractivity contribution < 1.29 is 9.53 Å². The average Bonchev–Trinajstić information content (AvgIpc) is 2.89. The number of aliphatic imine (C=N–C) groups is 1. The number of aryl methyl sites for hydroxylation is 1. The molecule has 2 aliphatic heterocycles. The zero-order chi connectivity index (χ0) is 16.9. The molecule has 1 fully saturated rings. The Bertz CT molecular complexity index is 737. The van der Waals surface area contributed by atoms with Gasteiger partial charge in [0.1, 0.15) is 5.75 Å². The van der Waals surface area contributed by atoms with Gasteiger partial charge in [-0.1, -0.05) is 18.2 Å². The summed E-state index contributed by atoms with van der Waals surface area (Å²) < 4.78 is 5.64. The van der Waals surface area contributed by atoms with E-state index in [2.05, 4.69) is 24.2 Å². The Morgan fingerprint density at radius 3 is 3.00 bits per heavy atom. The molecule has 0 spiro atoms. The molecule has 4 nitrogen and oxygen atoms in total. The van der Waals surface area contributed by atoms with Crippen LogP contribution in [0.25, 0.3) is 6.08 Å². The number of fused-ring (bicyclic) bond motifs is 1. The van der Waals surface area contributed by atoms with Gasteiger partial charge in [0.25, 0.3) is 5.91 Å². The second-order valence-electron chi connectivity index (χ2n) is 5.55. The van der Waals surface area contributed by atoms with Crippen molar-refractivity contribution >= 4 is 28.9 Å². The normalized spacial score (nSPS) is 20.2. The van der Waals surface area contributed by atoms with Gasteiger partial charge in [-0.05, 0) is 53.9 Å². The van der Waals surface area contributed by atoms with Crippen molar-refractivity contribution in [1.82, 2.24) is 4.90 Å². The van der Waals surface area contributed by atoms with Crippen molar-refractivity contribution in [1.29, 1.82) is 0 Å². The first kappa shape index (κ1) is 16.6. The van der Waals surface area contributed by atoms with Gasteiger partial charge in [-0.2, -0.15) is 0 Å². The number of benzene rings is 1. The molecule has 5 heteroatoms. The van der Waals surface area contributed by atoms with E-state index in [0.29, 0.717) is 23.2 Å². The number of hydrogen-bond donors (Lipinski definition) is 0. The van der Waals surface area contributed by atoms with Crippen LogP contribution in [0.5, 0.6) is 5.75 Å². The summed E-state index contributed by atoms with van der Waals surface area (Å²) in [5.74, 6) is 0.923. The smallest absolute Gasteiger partial charge is 0.267 e. The quantitative estimate of drug-likeness (QED) is 0.607. The lowest BCUT2D eigenvalue weighted by Gasteiger charge is -2.17. The van der Waals surface area contributed by atoms with E-state index in [1.807, 2.05) is 18.2 Å². The van der Waals surface area contributed by atoms with Crippen LogP contribution in [0.2, 0.25) is 0 Å². The summed E-state index contributed by atoms with van der Waals surface area (Å²) in [6, 6.07) is 6.08. The second kappa shape index (κ2) is 7.53. The lowest BCUT2D eigenvalue weighted by Crippen LogP contribution is -2.29. The topological polar surface area (TPSA) is 41.9 Å². The number of rotatable bonds is 5. The van der Waals surface area contributed by atoms with Gasteiger partial charge in [0.15, 0.2) is 5.17 Å². The highest BCUT2D eigenvalue weighted by Crippen LogP contribution is 2.33. The Hall–Kier alpha value is -2.27. The summed E-state index contributed by atoms with van der Waals surface area (Å²) in [4.78, 5) is 19.4. The van der Waals surface area contributed by atoms with E-state index in [9.17, 15) is 4.79 Å². The Morgan fingerprint density at radius 2 is 2.21 bits per heavy atom. The van der Waals surface area contributed by atoms with Gasteiger partial charge < -0.3 is 4.74 Å². The third-order valence-electron chi connectivity index (χ3n) is 3.79. The molecule has 3 rings (SSSR count). The van der Waals surface area contributed by atoms with Crippen LogP contribution in [-0.2, 0) is 11.2 Å². The van der Waals surface area contributed by atoms with Gasteiger partial charge in [0, 0.05) is 6.54 Å². The van der Waals surface area contributed by atoms with Gasteiger partial charge in [-0.25, -0.2) is 0 Å². The van der Waals surface area contributed by atoms with Gasteiger partial charge in [0.05, 0.1) is 18.1 Å². The summed E-state index contributed by atoms with van der Waals surface area (Å²) in [5, 5.41) is 0.701. The largest absolute Gasteiger partial charge is 0.493 e. The fourth-order valence-electron chi connectivity index (χ4n) is 2.68. The van der Waals surface area contributed by atoms with E-state index in [1.54, 1.807) is 17.1 Å². The molecular formula is C19H20N2O2S. The molecule has 24 heavy (non-hydrogen) atoms. The Labute approximate surface area is 146 Å². The standard InChI is InChI=1S/C19H20N2O2S/c1-3-9-20-19-21(10-4-2)18(22)17(24-19)13-14-7-8-16-15(12-14)6-5-11-23-16/h3-4,7-8,12-13H,1-2,5-6,9-11H2/b17-13-,20-19-. The van der Waals surface area contributed by atoms with Crippen LogP contribution in [0.4, 0.5) is 0 Å². The molecule has 0 aromatic heterocycles. The molecule has 0 aliphatic carbocycles. The number of carbonyl (C=O) groups is 1. The van der Waals surface area contributed by atoms with Crippen LogP contribution in [0.3, 0.4) is 0 Å². The van der Waals surface area contributed by atoms with Gasteiger partial charge in [-0.3, -0.25) is 14.7 Å². The summed E-state index contributed by atoms with van der Waals surface area (Å²) in [6.07, 6.45) is 7.40. The van der Waals surface area contributed by atoms with Gasteiger partial charge >= 0.3 is 0 Å². The monoisotopic (exact) mass is 340 g/mol. The molecule has 2 heterocycles. The Balaban J connectivity index is 1.88. The molecule has 1 aromatic carbocycles. The summed E-state index contributed by atoms with van der Waals surface area (Å²) in [5.41, 5.74) is 2.22. The minimum absolute atomic E-state index is 0.0308. The predicted molar refractivity (Wildman–Crippen MR) is 100 cm³/mol. The fourth-order valence-corrected chi connectivity index (χ4v) is 3.68. The molecule has 1 aromatic rings. The molecule has 2 aliphatic rings. The first-order valence-corrected chi connectivity index (χ1v) is 8.78. The van der Waals surface area contributed by atoms with E-state index < -0.39 is 0 Å².